The Morgan fingerprint density at radius 3 is 2.60 bits per heavy atom. The number of hydrogen-bond acceptors (Lipinski definition) is 1. The molecule has 1 fully saturated rings. The van der Waals surface area contributed by atoms with Crippen LogP contribution in [0.2, 0.25) is 0 Å². The van der Waals surface area contributed by atoms with Gasteiger partial charge in [0.1, 0.15) is 23.5 Å². The molecule has 0 amide bonds. The third-order valence-corrected chi connectivity index (χ3v) is 7.20. The molecule has 0 N–H and O–H groups in total. The Morgan fingerprint density at radius 2 is 1.87 bits per heavy atom. The maximum absolute atomic E-state index is 15.4. The van der Waals surface area contributed by atoms with Crippen molar-refractivity contribution in [3.05, 3.63) is 58.4 Å². The van der Waals surface area contributed by atoms with Gasteiger partial charge in [0, 0.05) is 0 Å². The van der Waals surface area contributed by atoms with Crippen LogP contribution in [-0.4, -0.2) is 0 Å². The van der Waals surface area contributed by atoms with Gasteiger partial charge in [0.05, 0.1) is 11.1 Å². The minimum atomic E-state index is -0.756. The first kappa shape index (κ1) is 21.0. The zero-order valence-electron chi connectivity index (χ0n) is 17.5. The van der Waals surface area contributed by atoms with Crippen LogP contribution >= 0.6 is 0 Å². The maximum Gasteiger partial charge on any atom is 0.141 e. The molecule has 2 aromatic carbocycles. The number of rotatable bonds is 5. The first-order valence-electron chi connectivity index (χ1n) is 11.2. The van der Waals surface area contributed by atoms with Crippen molar-refractivity contribution in [1.82, 2.24) is 0 Å². The smallest absolute Gasteiger partial charge is 0.141 e. The number of benzene rings is 2. The van der Waals surface area contributed by atoms with Gasteiger partial charge in [-0.2, -0.15) is 5.26 Å². The molecule has 1 nitrogen and oxygen atoms in total. The summed E-state index contributed by atoms with van der Waals surface area (Å²) in [7, 11) is 0. The number of halogens is 3. The Morgan fingerprint density at radius 1 is 1.03 bits per heavy atom. The van der Waals surface area contributed by atoms with Crippen LogP contribution in [0.5, 0.6) is 0 Å². The topological polar surface area (TPSA) is 23.8 Å². The molecule has 0 saturated heterocycles. The van der Waals surface area contributed by atoms with Gasteiger partial charge in [0.2, 0.25) is 0 Å². The summed E-state index contributed by atoms with van der Waals surface area (Å²) in [5.74, 6) is -0.469. The zero-order chi connectivity index (χ0) is 21.3. The molecule has 4 rings (SSSR count). The molecule has 2 aliphatic carbocycles. The average Bonchev–Trinajstić information content (AvgIpc) is 2.74. The molecular weight excluding hydrogens is 383 g/mol. The van der Waals surface area contributed by atoms with Crippen molar-refractivity contribution in [2.45, 2.75) is 70.6 Å². The lowest BCUT2D eigenvalue weighted by Crippen LogP contribution is -2.29. The van der Waals surface area contributed by atoms with Gasteiger partial charge in [0.15, 0.2) is 0 Å². The van der Waals surface area contributed by atoms with E-state index in [4.69, 9.17) is 5.26 Å². The van der Waals surface area contributed by atoms with E-state index in [-0.39, 0.29) is 22.6 Å². The molecular formula is C26H28F3N. The van der Waals surface area contributed by atoms with Crippen LogP contribution in [-0.2, 0) is 6.42 Å². The summed E-state index contributed by atoms with van der Waals surface area (Å²) in [5.41, 5.74) is 1.26. The Kier molecular flexibility index (Phi) is 6.18. The van der Waals surface area contributed by atoms with Crippen LogP contribution in [0, 0.1) is 40.6 Å². The Labute approximate surface area is 176 Å². The van der Waals surface area contributed by atoms with E-state index in [9.17, 15) is 4.39 Å². The van der Waals surface area contributed by atoms with E-state index in [0.717, 1.165) is 36.8 Å². The molecule has 0 heterocycles. The lowest BCUT2D eigenvalue weighted by Gasteiger charge is -2.41. The fourth-order valence-electron chi connectivity index (χ4n) is 5.65. The van der Waals surface area contributed by atoms with E-state index >= 15 is 8.78 Å². The number of fused-ring (bicyclic) bond motifs is 3. The molecule has 0 radical (unpaired) electrons. The molecule has 0 unspecified atom stereocenters. The van der Waals surface area contributed by atoms with Gasteiger partial charge >= 0.3 is 0 Å². The molecule has 2 aromatic rings. The van der Waals surface area contributed by atoms with Gasteiger partial charge in [-0.1, -0.05) is 38.7 Å². The second kappa shape index (κ2) is 8.84. The second-order valence-electron chi connectivity index (χ2n) is 9.00. The number of hydrogen-bond donors (Lipinski definition) is 0. The molecule has 0 bridgehead atoms. The summed E-state index contributed by atoms with van der Waals surface area (Å²) < 4.78 is 44.5. The van der Waals surface area contributed by atoms with Gasteiger partial charge < -0.3 is 0 Å². The minimum absolute atomic E-state index is 0.129. The zero-order valence-corrected chi connectivity index (χ0v) is 17.5. The number of nitriles is 1. The molecule has 0 spiro atoms. The highest BCUT2D eigenvalue weighted by atomic mass is 19.1. The summed E-state index contributed by atoms with van der Waals surface area (Å²) >= 11 is 0. The van der Waals surface area contributed by atoms with Crippen LogP contribution in [0.4, 0.5) is 13.2 Å². The summed E-state index contributed by atoms with van der Waals surface area (Å²) in [6, 6.07) is 6.99. The van der Waals surface area contributed by atoms with Gasteiger partial charge in [-0.3, -0.25) is 0 Å². The standard InChI is InChI=1S/C26H28F3N/c1-2-3-4-5-16-6-10-20-17(12-16)9-11-21-22(20)14-24(28)25(26(21)29)18-7-8-19(15-30)23(27)13-18/h7-8,13-14,16-17,20H,2-6,9-12H2,1H3/t16-,17+,20+/m1/s1. The summed E-state index contributed by atoms with van der Waals surface area (Å²) in [6.45, 7) is 2.22. The number of unbranched alkanes of at least 4 members (excludes halogenated alkanes) is 2. The van der Waals surface area contributed by atoms with Crippen LogP contribution < -0.4 is 0 Å². The van der Waals surface area contributed by atoms with Crippen LogP contribution in [0.1, 0.15) is 80.9 Å². The number of nitrogens with zero attached hydrogens (tertiary/aromatic N) is 1. The predicted octanol–water partition coefficient (Wildman–Crippen LogP) is 7.67. The van der Waals surface area contributed by atoms with E-state index in [1.165, 1.54) is 50.3 Å². The largest absolute Gasteiger partial charge is 0.206 e. The minimum Gasteiger partial charge on any atom is -0.206 e. The molecule has 1 saturated carbocycles. The Balaban J connectivity index is 1.62. The van der Waals surface area contributed by atoms with Crippen molar-refractivity contribution in [3.8, 4) is 17.2 Å². The molecule has 0 aliphatic heterocycles. The molecule has 158 valence electrons. The molecule has 4 heteroatoms. The van der Waals surface area contributed by atoms with Crippen LogP contribution in [0.3, 0.4) is 0 Å². The van der Waals surface area contributed by atoms with Crippen LogP contribution in [0.25, 0.3) is 11.1 Å². The fraction of sp³-hybridized carbons (Fsp3) is 0.500. The Hall–Kier alpha value is -2.28. The van der Waals surface area contributed by atoms with Crippen molar-refractivity contribution in [2.75, 3.05) is 0 Å². The van der Waals surface area contributed by atoms with E-state index < -0.39 is 17.5 Å². The van der Waals surface area contributed by atoms with E-state index in [1.807, 2.05) is 0 Å². The van der Waals surface area contributed by atoms with Gasteiger partial charge in [0.25, 0.3) is 0 Å². The van der Waals surface area contributed by atoms with Crippen molar-refractivity contribution in [3.63, 3.8) is 0 Å². The molecule has 30 heavy (non-hydrogen) atoms. The first-order valence-corrected chi connectivity index (χ1v) is 11.2. The molecule has 0 aromatic heterocycles. The first-order chi connectivity index (χ1) is 14.5. The third-order valence-electron chi connectivity index (χ3n) is 7.20. The van der Waals surface area contributed by atoms with Crippen molar-refractivity contribution in [2.24, 2.45) is 11.8 Å². The van der Waals surface area contributed by atoms with Gasteiger partial charge in [-0.15, -0.1) is 0 Å². The monoisotopic (exact) mass is 411 g/mol. The van der Waals surface area contributed by atoms with Crippen molar-refractivity contribution >= 4 is 0 Å². The highest BCUT2D eigenvalue weighted by Crippen LogP contribution is 2.49. The van der Waals surface area contributed by atoms with E-state index in [1.54, 1.807) is 6.07 Å². The fourth-order valence-corrected chi connectivity index (χ4v) is 5.65. The van der Waals surface area contributed by atoms with Gasteiger partial charge in [-0.05, 0) is 84.7 Å². The quantitative estimate of drug-likeness (QED) is 0.463. The molecule has 2 aliphatic rings. The van der Waals surface area contributed by atoms with E-state index in [2.05, 4.69) is 6.92 Å². The lowest BCUT2D eigenvalue weighted by atomic mass is 9.64. The lowest BCUT2D eigenvalue weighted by molar-refractivity contribution is 0.197. The molecule has 3 atom stereocenters. The highest BCUT2D eigenvalue weighted by molar-refractivity contribution is 5.68. The summed E-state index contributed by atoms with van der Waals surface area (Å²) in [5, 5.41) is 8.90. The van der Waals surface area contributed by atoms with Gasteiger partial charge in [-0.25, -0.2) is 13.2 Å². The SMILES string of the molecule is CCCCC[C@@H]1CC[C@@H]2c3cc(F)c(-c4ccc(C#N)c(F)c4)c(F)c3CC[C@H]2C1. The average molecular weight is 412 g/mol. The second-order valence-corrected chi connectivity index (χ2v) is 9.00. The van der Waals surface area contributed by atoms with Crippen LogP contribution in [0.15, 0.2) is 24.3 Å². The predicted molar refractivity (Wildman–Crippen MR) is 113 cm³/mol. The Bertz CT molecular complexity index is 975. The van der Waals surface area contributed by atoms with Crippen molar-refractivity contribution < 1.29 is 13.2 Å². The summed E-state index contributed by atoms with van der Waals surface area (Å²) in [6.07, 6.45) is 9.91. The highest BCUT2D eigenvalue weighted by Gasteiger charge is 2.37. The summed E-state index contributed by atoms with van der Waals surface area (Å²) in [4.78, 5) is 0. The maximum atomic E-state index is 15.4. The third kappa shape index (κ3) is 3.87. The normalized spacial score (nSPS) is 22.8. The van der Waals surface area contributed by atoms with E-state index in [0.29, 0.717) is 17.9 Å². The van der Waals surface area contributed by atoms with Crippen molar-refractivity contribution in [1.29, 1.82) is 5.26 Å².